The molecule has 0 bridgehead atoms. The first kappa shape index (κ1) is 21.4. The Morgan fingerprint density at radius 3 is 2.18 bits per heavy atom. The van der Waals surface area contributed by atoms with Gasteiger partial charge in [0.15, 0.2) is 6.29 Å². The second-order valence-corrected chi connectivity index (χ2v) is 8.53. The average Bonchev–Trinajstić information content (AvgIpc) is 2.74. The first-order chi connectivity index (χ1) is 13.8. The molecule has 1 saturated carbocycles. The van der Waals surface area contributed by atoms with Crippen molar-refractivity contribution in [3.63, 3.8) is 0 Å². The molecular formula is C25H38O3. The lowest BCUT2D eigenvalue weighted by atomic mass is 9.80. The first-order valence-electron chi connectivity index (χ1n) is 11.4. The summed E-state index contributed by atoms with van der Waals surface area (Å²) >= 11 is 0. The molecule has 0 atom stereocenters. The van der Waals surface area contributed by atoms with Crippen LogP contribution in [0.1, 0.15) is 77.1 Å². The van der Waals surface area contributed by atoms with E-state index < -0.39 is 0 Å². The van der Waals surface area contributed by atoms with Gasteiger partial charge in [-0.3, -0.25) is 0 Å². The molecule has 1 saturated heterocycles. The van der Waals surface area contributed by atoms with Crippen LogP contribution in [-0.2, 0) is 9.47 Å². The normalized spacial score (nSPS) is 28.5. The predicted molar refractivity (Wildman–Crippen MR) is 114 cm³/mol. The molecule has 2 fully saturated rings. The maximum absolute atomic E-state index is 5.88. The molecule has 156 valence electrons. The molecule has 0 aromatic heterocycles. The van der Waals surface area contributed by atoms with Gasteiger partial charge in [-0.15, -0.1) is 0 Å². The lowest BCUT2D eigenvalue weighted by Crippen LogP contribution is -2.26. The van der Waals surface area contributed by atoms with Gasteiger partial charge in [-0.2, -0.15) is 0 Å². The van der Waals surface area contributed by atoms with Crippen molar-refractivity contribution >= 4 is 0 Å². The van der Waals surface area contributed by atoms with Crippen LogP contribution in [-0.4, -0.2) is 19.8 Å². The third kappa shape index (κ3) is 6.63. The van der Waals surface area contributed by atoms with Crippen molar-refractivity contribution in [1.29, 1.82) is 0 Å². The van der Waals surface area contributed by atoms with Crippen molar-refractivity contribution in [3.8, 4) is 5.75 Å². The van der Waals surface area contributed by atoms with Crippen LogP contribution < -0.4 is 4.74 Å². The average molecular weight is 387 g/mol. The van der Waals surface area contributed by atoms with Crippen LogP contribution in [0, 0.1) is 17.8 Å². The highest BCUT2D eigenvalue weighted by molar-refractivity contribution is 5.28. The summed E-state index contributed by atoms with van der Waals surface area (Å²) in [5, 5.41) is 0. The monoisotopic (exact) mass is 386 g/mol. The van der Waals surface area contributed by atoms with Crippen molar-refractivity contribution in [3.05, 3.63) is 42.0 Å². The predicted octanol–water partition coefficient (Wildman–Crippen LogP) is 6.69. The third-order valence-corrected chi connectivity index (χ3v) is 6.16. The maximum atomic E-state index is 5.88. The number of ether oxygens (including phenoxy) is 3. The summed E-state index contributed by atoms with van der Waals surface area (Å²) in [7, 11) is 0. The van der Waals surface area contributed by atoms with Crippen molar-refractivity contribution in [2.75, 3.05) is 19.8 Å². The molecule has 0 amide bonds. The van der Waals surface area contributed by atoms with Gasteiger partial charge < -0.3 is 14.2 Å². The first-order valence-corrected chi connectivity index (χ1v) is 11.4. The third-order valence-electron chi connectivity index (χ3n) is 6.16. The van der Waals surface area contributed by atoms with Crippen LogP contribution in [0.25, 0.3) is 0 Å². The Hall–Kier alpha value is -1.32. The van der Waals surface area contributed by atoms with Crippen LogP contribution in [0.2, 0.25) is 0 Å². The van der Waals surface area contributed by atoms with Crippen molar-refractivity contribution in [2.45, 2.75) is 71.5 Å². The van der Waals surface area contributed by atoms with E-state index in [9.17, 15) is 0 Å². The highest BCUT2D eigenvalue weighted by atomic mass is 16.7. The molecule has 3 nitrogen and oxygen atoms in total. The van der Waals surface area contributed by atoms with E-state index >= 15 is 0 Å². The minimum absolute atomic E-state index is 0.232. The fourth-order valence-electron chi connectivity index (χ4n) is 4.50. The van der Waals surface area contributed by atoms with Crippen molar-refractivity contribution in [1.82, 2.24) is 0 Å². The Balaban J connectivity index is 1.36. The zero-order chi connectivity index (χ0) is 19.6. The minimum Gasteiger partial charge on any atom is -0.490 e. The molecule has 0 spiro atoms. The molecule has 3 rings (SSSR count). The van der Waals surface area contributed by atoms with Crippen LogP contribution in [0.3, 0.4) is 0 Å². The van der Waals surface area contributed by atoms with E-state index in [0.29, 0.717) is 12.5 Å². The van der Waals surface area contributed by atoms with Crippen LogP contribution in [0.15, 0.2) is 36.4 Å². The van der Waals surface area contributed by atoms with E-state index in [-0.39, 0.29) is 6.29 Å². The van der Waals surface area contributed by atoms with Gasteiger partial charge in [0, 0.05) is 11.5 Å². The maximum Gasteiger partial charge on any atom is 0.183 e. The fraction of sp³-hybridized carbons (Fsp3) is 0.680. The van der Waals surface area contributed by atoms with E-state index in [0.717, 1.165) is 36.4 Å². The minimum atomic E-state index is -0.232. The van der Waals surface area contributed by atoms with Gasteiger partial charge in [-0.05, 0) is 56.1 Å². The zero-order valence-electron chi connectivity index (χ0n) is 17.8. The van der Waals surface area contributed by atoms with Gasteiger partial charge >= 0.3 is 0 Å². The molecule has 28 heavy (non-hydrogen) atoms. The molecule has 0 radical (unpaired) electrons. The Morgan fingerprint density at radius 1 is 0.893 bits per heavy atom. The zero-order valence-corrected chi connectivity index (χ0v) is 17.8. The summed E-state index contributed by atoms with van der Waals surface area (Å²) in [6.45, 7) is 6.74. The largest absolute Gasteiger partial charge is 0.490 e. The van der Waals surface area contributed by atoms with Gasteiger partial charge in [-0.1, -0.05) is 57.4 Å². The highest BCUT2D eigenvalue weighted by Gasteiger charge is 2.23. The number of allylic oxidation sites excluding steroid dienone is 1. The molecule has 1 aliphatic heterocycles. The van der Waals surface area contributed by atoms with Gasteiger partial charge in [0.1, 0.15) is 12.4 Å². The Labute approximate surface area is 171 Å². The number of benzene rings is 1. The topological polar surface area (TPSA) is 27.7 Å². The molecule has 3 heteroatoms. The van der Waals surface area contributed by atoms with E-state index in [1.165, 1.54) is 51.4 Å². The summed E-state index contributed by atoms with van der Waals surface area (Å²) in [5.74, 6) is 3.16. The van der Waals surface area contributed by atoms with Crippen LogP contribution in [0.4, 0.5) is 0 Å². The summed E-state index contributed by atoms with van der Waals surface area (Å²) in [6.07, 6.45) is 14.9. The molecule has 1 aromatic rings. The molecule has 1 aromatic carbocycles. The van der Waals surface area contributed by atoms with Gasteiger partial charge in [0.2, 0.25) is 0 Å². The second kappa shape index (κ2) is 11.6. The van der Waals surface area contributed by atoms with E-state index in [1.807, 2.05) is 12.1 Å². The highest BCUT2D eigenvalue weighted by Crippen LogP contribution is 2.32. The van der Waals surface area contributed by atoms with Crippen LogP contribution in [0.5, 0.6) is 5.75 Å². The molecule has 0 N–H and O–H groups in total. The van der Waals surface area contributed by atoms with Crippen LogP contribution >= 0.6 is 0 Å². The lowest BCUT2D eigenvalue weighted by molar-refractivity contribution is -0.206. The van der Waals surface area contributed by atoms with Gasteiger partial charge in [0.25, 0.3) is 0 Å². The fourth-order valence-corrected chi connectivity index (χ4v) is 4.50. The summed E-state index contributed by atoms with van der Waals surface area (Å²) < 4.78 is 17.6. The van der Waals surface area contributed by atoms with Crippen molar-refractivity contribution < 1.29 is 14.2 Å². The van der Waals surface area contributed by atoms with Gasteiger partial charge in [0.05, 0.1) is 13.2 Å². The molecule has 1 heterocycles. The van der Waals surface area contributed by atoms with Gasteiger partial charge in [-0.25, -0.2) is 0 Å². The number of rotatable bonds is 9. The number of hydrogen-bond acceptors (Lipinski definition) is 3. The molecule has 0 unspecified atom stereocenters. The second-order valence-electron chi connectivity index (χ2n) is 8.53. The standard InChI is InChI=1S/C25H38O3/c1-3-6-20-9-11-21(12-10-20)8-5-17-26-24-15-13-23(14-16-24)25-27-18-22(7-4-2)19-28-25/h5,8,13-16,20-22,25H,3-4,6-7,9-12,17-19H2,1-2H3/b8-5+. The molecule has 2 aliphatic rings. The number of hydrogen-bond donors (Lipinski definition) is 0. The molecular weight excluding hydrogens is 348 g/mol. The van der Waals surface area contributed by atoms with Crippen molar-refractivity contribution in [2.24, 2.45) is 17.8 Å². The van der Waals surface area contributed by atoms with E-state index in [4.69, 9.17) is 14.2 Å². The van der Waals surface area contributed by atoms with E-state index in [1.54, 1.807) is 0 Å². The summed E-state index contributed by atoms with van der Waals surface area (Å²) in [4.78, 5) is 0. The molecule has 1 aliphatic carbocycles. The lowest BCUT2D eigenvalue weighted by Gasteiger charge is -2.29. The quantitative estimate of drug-likeness (QED) is 0.442. The van der Waals surface area contributed by atoms with E-state index in [2.05, 4.69) is 38.1 Å². The Morgan fingerprint density at radius 2 is 1.54 bits per heavy atom. The smallest absolute Gasteiger partial charge is 0.183 e. The Bertz CT molecular complexity index is 564. The SMILES string of the molecule is CCCC1CCC(/C=C/COc2ccc(C3OCC(CCC)CO3)cc2)CC1. The summed E-state index contributed by atoms with van der Waals surface area (Å²) in [6, 6.07) is 8.14. The summed E-state index contributed by atoms with van der Waals surface area (Å²) in [5.41, 5.74) is 1.07. The Kier molecular flexibility index (Phi) is 8.88.